The number of likely N-dealkylation sites (tertiary alicyclic amines) is 1. The van der Waals surface area contributed by atoms with Crippen LogP contribution in [0.5, 0.6) is 0 Å². The molecule has 2 N–H and O–H groups in total. The maximum absolute atomic E-state index is 12.6. The lowest BCUT2D eigenvalue weighted by molar-refractivity contribution is 0.0923. The number of nitrogens with one attached hydrogen (secondary N) is 2. The van der Waals surface area contributed by atoms with Gasteiger partial charge in [0.05, 0.1) is 0 Å². The number of carbonyl (C=O) groups excluding carboxylic acids is 1. The van der Waals surface area contributed by atoms with Crippen molar-refractivity contribution < 1.29 is 4.79 Å². The van der Waals surface area contributed by atoms with Crippen molar-refractivity contribution in [2.45, 2.75) is 38.1 Å². The first-order chi connectivity index (χ1) is 11.1. The first-order valence-corrected chi connectivity index (χ1v) is 8.73. The van der Waals surface area contributed by atoms with Gasteiger partial charge in [-0.3, -0.25) is 4.79 Å². The summed E-state index contributed by atoms with van der Waals surface area (Å²) in [6.45, 7) is 4.32. The molecule has 2 heterocycles. The second-order valence-corrected chi connectivity index (χ2v) is 7.34. The van der Waals surface area contributed by atoms with Gasteiger partial charge in [-0.05, 0) is 69.3 Å². The second-order valence-electron chi connectivity index (χ2n) is 7.34. The molecule has 4 rings (SSSR count). The van der Waals surface area contributed by atoms with E-state index >= 15 is 0 Å². The number of rotatable bonds is 4. The van der Waals surface area contributed by atoms with Gasteiger partial charge in [0.1, 0.15) is 5.69 Å². The molecular weight excluding hydrogens is 286 g/mol. The molecule has 1 saturated heterocycles. The molecule has 4 nitrogen and oxygen atoms in total. The number of H-pyrrole nitrogens is 1. The summed E-state index contributed by atoms with van der Waals surface area (Å²) in [6, 6.07) is 8.60. The van der Waals surface area contributed by atoms with Gasteiger partial charge in [0.15, 0.2) is 0 Å². The summed E-state index contributed by atoms with van der Waals surface area (Å²) < 4.78 is 0. The minimum Gasteiger partial charge on any atom is -0.351 e. The number of nitrogens with zero attached hydrogens (tertiary/aromatic N) is 1. The van der Waals surface area contributed by atoms with E-state index in [9.17, 15) is 4.79 Å². The number of amides is 1. The maximum Gasteiger partial charge on any atom is 0.267 e. The fourth-order valence-electron chi connectivity index (χ4n) is 3.83. The fourth-order valence-corrected chi connectivity index (χ4v) is 3.83. The largest absolute Gasteiger partial charge is 0.351 e. The van der Waals surface area contributed by atoms with Crippen LogP contribution in [-0.4, -0.2) is 42.0 Å². The van der Waals surface area contributed by atoms with Crippen LogP contribution in [0.3, 0.4) is 0 Å². The van der Waals surface area contributed by atoms with Crippen LogP contribution in [0.2, 0.25) is 0 Å². The van der Waals surface area contributed by atoms with Gasteiger partial charge in [-0.25, -0.2) is 0 Å². The SMILES string of the molecule is CC(NC(=O)c1cc2c(C3CC3)cccc2[nH]1)C1CCN(C)C1. The van der Waals surface area contributed by atoms with Crippen molar-refractivity contribution in [3.8, 4) is 0 Å². The van der Waals surface area contributed by atoms with E-state index in [0.29, 0.717) is 17.5 Å². The van der Waals surface area contributed by atoms with Gasteiger partial charge < -0.3 is 15.2 Å². The number of aromatic nitrogens is 1. The minimum absolute atomic E-state index is 0.0185. The molecule has 2 fully saturated rings. The Bertz CT molecular complexity index is 731. The van der Waals surface area contributed by atoms with E-state index in [4.69, 9.17) is 0 Å². The summed E-state index contributed by atoms with van der Waals surface area (Å²) in [4.78, 5) is 18.2. The van der Waals surface area contributed by atoms with Gasteiger partial charge >= 0.3 is 0 Å². The number of aromatic amines is 1. The van der Waals surface area contributed by atoms with Crippen molar-refractivity contribution in [2.24, 2.45) is 5.92 Å². The predicted octanol–water partition coefficient (Wildman–Crippen LogP) is 3.12. The molecule has 2 aromatic rings. The summed E-state index contributed by atoms with van der Waals surface area (Å²) in [7, 11) is 2.14. The zero-order valence-electron chi connectivity index (χ0n) is 13.9. The fraction of sp³-hybridized carbons (Fsp3) is 0.526. The number of hydrogen-bond acceptors (Lipinski definition) is 2. The second kappa shape index (κ2) is 5.68. The Morgan fingerprint density at radius 1 is 1.35 bits per heavy atom. The number of benzene rings is 1. The van der Waals surface area contributed by atoms with Crippen molar-refractivity contribution in [1.29, 1.82) is 0 Å². The summed E-state index contributed by atoms with van der Waals surface area (Å²) in [5.74, 6) is 1.26. The van der Waals surface area contributed by atoms with E-state index in [1.807, 2.05) is 6.07 Å². The minimum atomic E-state index is 0.0185. The zero-order chi connectivity index (χ0) is 16.0. The van der Waals surface area contributed by atoms with Crippen LogP contribution in [-0.2, 0) is 0 Å². The summed E-state index contributed by atoms with van der Waals surface area (Å²) >= 11 is 0. The highest BCUT2D eigenvalue weighted by Crippen LogP contribution is 2.43. The van der Waals surface area contributed by atoms with Crippen molar-refractivity contribution in [3.05, 3.63) is 35.5 Å². The molecule has 1 aliphatic heterocycles. The normalized spacial score (nSPS) is 23.3. The van der Waals surface area contributed by atoms with Crippen molar-refractivity contribution in [1.82, 2.24) is 15.2 Å². The number of fused-ring (bicyclic) bond motifs is 1. The highest BCUT2D eigenvalue weighted by molar-refractivity contribution is 5.99. The van der Waals surface area contributed by atoms with Crippen molar-refractivity contribution >= 4 is 16.8 Å². The van der Waals surface area contributed by atoms with Gasteiger partial charge in [0, 0.05) is 23.5 Å². The molecule has 2 aliphatic rings. The van der Waals surface area contributed by atoms with E-state index in [2.05, 4.69) is 47.4 Å². The Hall–Kier alpha value is -1.81. The average Bonchev–Trinajstić information content (AvgIpc) is 3.12. The molecule has 0 spiro atoms. The topological polar surface area (TPSA) is 48.1 Å². The molecule has 1 aromatic carbocycles. The molecule has 23 heavy (non-hydrogen) atoms. The van der Waals surface area contributed by atoms with Crippen LogP contribution >= 0.6 is 0 Å². The maximum atomic E-state index is 12.6. The molecule has 1 aromatic heterocycles. The van der Waals surface area contributed by atoms with E-state index in [1.165, 1.54) is 23.8 Å². The van der Waals surface area contributed by atoms with Crippen LogP contribution in [0.25, 0.3) is 10.9 Å². The lowest BCUT2D eigenvalue weighted by Gasteiger charge is -2.20. The molecule has 0 bridgehead atoms. The van der Waals surface area contributed by atoms with Gasteiger partial charge in [-0.2, -0.15) is 0 Å². The summed E-state index contributed by atoms with van der Waals surface area (Å²) in [5.41, 5.74) is 3.15. The van der Waals surface area contributed by atoms with Gasteiger partial charge in [0.25, 0.3) is 5.91 Å². The third-order valence-corrected chi connectivity index (χ3v) is 5.45. The molecule has 2 atom stereocenters. The molecule has 1 aliphatic carbocycles. The van der Waals surface area contributed by atoms with Gasteiger partial charge in [0.2, 0.25) is 0 Å². The molecule has 1 saturated carbocycles. The molecule has 1 amide bonds. The van der Waals surface area contributed by atoms with Crippen LogP contribution in [0.4, 0.5) is 0 Å². The van der Waals surface area contributed by atoms with Crippen molar-refractivity contribution in [3.63, 3.8) is 0 Å². The summed E-state index contributed by atoms with van der Waals surface area (Å²) in [6.07, 6.45) is 3.71. The Morgan fingerprint density at radius 2 is 2.17 bits per heavy atom. The molecule has 0 radical (unpaired) electrons. The van der Waals surface area contributed by atoms with Gasteiger partial charge in [-0.15, -0.1) is 0 Å². The Kier molecular flexibility index (Phi) is 3.64. The standard InChI is InChI=1S/C19H25N3O/c1-12(14-8-9-22(2)11-14)20-19(23)18-10-16-15(13-6-7-13)4-3-5-17(16)21-18/h3-5,10,12-14,21H,6-9,11H2,1-2H3,(H,20,23). The Balaban J connectivity index is 1.52. The molecule has 122 valence electrons. The smallest absolute Gasteiger partial charge is 0.267 e. The zero-order valence-corrected chi connectivity index (χ0v) is 13.9. The Labute approximate surface area is 137 Å². The summed E-state index contributed by atoms with van der Waals surface area (Å²) in [5, 5.41) is 4.40. The van der Waals surface area contributed by atoms with E-state index in [-0.39, 0.29) is 11.9 Å². The molecule has 4 heteroatoms. The van der Waals surface area contributed by atoms with Gasteiger partial charge in [-0.1, -0.05) is 12.1 Å². The predicted molar refractivity (Wildman–Crippen MR) is 92.8 cm³/mol. The highest BCUT2D eigenvalue weighted by Gasteiger charge is 2.28. The number of carbonyl (C=O) groups is 1. The highest BCUT2D eigenvalue weighted by atomic mass is 16.1. The lowest BCUT2D eigenvalue weighted by Crippen LogP contribution is -2.39. The third-order valence-electron chi connectivity index (χ3n) is 5.45. The van der Waals surface area contributed by atoms with Crippen LogP contribution in [0.15, 0.2) is 24.3 Å². The molecule has 2 unspecified atom stereocenters. The number of hydrogen-bond donors (Lipinski definition) is 2. The van der Waals surface area contributed by atoms with Crippen LogP contribution in [0, 0.1) is 5.92 Å². The first kappa shape index (κ1) is 14.8. The first-order valence-electron chi connectivity index (χ1n) is 8.73. The lowest BCUT2D eigenvalue weighted by atomic mass is 10.0. The van der Waals surface area contributed by atoms with Crippen molar-refractivity contribution in [2.75, 3.05) is 20.1 Å². The average molecular weight is 311 g/mol. The quantitative estimate of drug-likeness (QED) is 0.911. The van der Waals surface area contributed by atoms with E-state index in [0.717, 1.165) is 25.0 Å². The van der Waals surface area contributed by atoms with E-state index in [1.54, 1.807) is 0 Å². The third kappa shape index (κ3) is 2.88. The van der Waals surface area contributed by atoms with E-state index < -0.39 is 0 Å². The van der Waals surface area contributed by atoms with Crippen LogP contribution in [0.1, 0.15) is 48.2 Å². The molecular formula is C19H25N3O. The Morgan fingerprint density at radius 3 is 2.87 bits per heavy atom. The van der Waals surface area contributed by atoms with Crippen LogP contribution < -0.4 is 5.32 Å². The monoisotopic (exact) mass is 311 g/mol.